The Hall–Kier alpha value is -1.62. The molecule has 1 aliphatic rings. The van der Waals surface area contributed by atoms with Crippen LogP contribution in [0.4, 0.5) is 11.4 Å². The largest absolute Gasteiger partial charge is 0.364 e. The number of nitro benzene ring substituents is 1. The van der Waals surface area contributed by atoms with Crippen molar-refractivity contribution in [2.75, 3.05) is 18.0 Å². The molecule has 0 bridgehead atoms. The minimum absolute atomic E-state index is 0.0814. The van der Waals surface area contributed by atoms with Crippen LogP contribution in [-0.2, 0) is 0 Å². The predicted molar refractivity (Wildman–Crippen MR) is 71.8 cm³/mol. The molecule has 5 nitrogen and oxygen atoms in total. The number of rotatable bonds is 2. The summed E-state index contributed by atoms with van der Waals surface area (Å²) in [5.41, 5.74) is 7.91. The maximum Gasteiger partial charge on any atom is 0.292 e. The van der Waals surface area contributed by atoms with Gasteiger partial charge in [0.2, 0.25) is 0 Å². The molecule has 1 heterocycles. The van der Waals surface area contributed by atoms with E-state index in [1.807, 2.05) is 13.0 Å². The van der Waals surface area contributed by atoms with Crippen molar-refractivity contribution < 1.29 is 4.92 Å². The first kappa shape index (κ1) is 12.8. The molecule has 0 amide bonds. The van der Waals surface area contributed by atoms with Gasteiger partial charge < -0.3 is 10.6 Å². The Balaban J connectivity index is 2.36. The first-order chi connectivity index (χ1) is 8.50. The highest BCUT2D eigenvalue weighted by Crippen LogP contribution is 2.33. The molecule has 2 atom stereocenters. The van der Waals surface area contributed by atoms with E-state index >= 15 is 0 Å². The van der Waals surface area contributed by atoms with Crippen LogP contribution in [0, 0.1) is 23.0 Å². The quantitative estimate of drug-likeness (QED) is 0.643. The van der Waals surface area contributed by atoms with E-state index in [9.17, 15) is 10.1 Å². The number of nitrogens with zero attached hydrogens (tertiary/aromatic N) is 2. The summed E-state index contributed by atoms with van der Waals surface area (Å²) in [6.07, 6.45) is 0.979. The zero-order valence-electron chi connectivity index (χ0n) is 10.8. The minimum Gasteiger partial charge on any atom is -0.364 e. The van der Waals surface area contributed by atoms with E-state index in [1.165, 1.54) is 0 Å². The van der Waals surface area contributed by atoms with Crippen molar-refractivity contribution in [3.05, 3.63) is 33.9 Å². The van der Waals surface area contributed by atoms with Gasteiger partial charge in [0.05, 0.1) is 4.92 Å². The Bertz CT molecular complexity index is 462. The van der Waals surface area contributed by atoms with Crippen molar-refractivity contribution in [1.29, 1.82) is 0 Å². The van der Waals surface area contributed by atoms with Gasteiger partial charge in [-0.25, -0.2) is 0 Å². The van der Waals surface area contributed by atoms with Crippen molar-refractivity contribution in [3.63, 3.8) is 0 Å². The number of piperidine rings is 1. The fraction of sp³-hybridized carbons (Fsp3) is 0.538. The van der Waals surface area contributed by atoms with Crippen LogP contribution >= 0.6 is 0 Å². The lowest BCUT2D eigenvalue weighted by atomic mass is 9.93. The van der Waals surface area contributed by atoms with E-state index in [2.05, 4.69) is 11.8 Å². The van der Waals surface area contributed by atoms with Crippen LogP contribution in [0.1, 0.15) is 18.9 Å². The van der Waals surface area contributed by atoms with E-state index in [1.54, 1.807) is 12.1 Å². The lowest BCUT2D eigenvalue weighted by molar-refractivity contribution is -0.384. The molecule has 1 aliphatic heterocycles. The summed E-state index contributed by atoms with van der Waals surface area (Å²) in [4.78, 5) is 12.9. The number of para-hydroxylation sites is 1. The summed E-state index contributed by atoms with van der Waals surface area (Å²) >= 11 is 0. The highest BCUT2D eigenvalue weighted by molar-refractivity contribution is 5.68. The first-order valence-corrected chi connectivity index (χ1v) is 6.25. The number of benzene rings is 1. The lowest BCUT2D eigenvalue weighted by Gasteiger charge is -2.36. The molecule has 2 unspecified atom stereocenters. The van der Waals surface area contributed by atoms with Crippen molar-refractivity contribution in [1.82, 2.24) is 0 Å². The van der Waals surface area contributed by atoms with Gasteiger partial charge in [-0.3, -0.25) is 10.1 Å². The zero-order valence-corrected chi connectivity index (χ0v) is 10.8. The number of nitro groups is 1. The Kier molecular flexibility index (Phi) is 3.52. The molecule has 2 N–H and O–H groups in total. The van der Waals surface area contributed by atoms with Crippen LogP contribution in [0.15, 0.2) is 18.2 Å². The molecule has 2 rings (SSSR count). The second-order valence-corrected chi connectivity index (χ2v) is 5.08. The molecule has 1 aromatic rings. The summed E-state index contributed by atoms with van der Waals surface area (Å²) in [6.45, 7) is 5.56. The van der Waals surface area contributed by atoms with Gasteiger partial charge in [0.1, 0.15) is 5.69 Å². The Morgan fingerprint density at radius 2 is 2.22 bits per heavy atom. The highest BCUT2D eigenvalue weighted by atomic mass is 16.6. The van der Waals surface area contributed by atoms with Gasteiger partial charge in [-0.15, -0.1) is 0 Å². The van der Waals surface area contributed by atoms with Gasteiger partial charge in [0.25, 0.3) is 5.69 Å². The highest BCUT2D eigenvalue weighted by Gasteiger charge is 2.28. The van der Waals surface area contributed by atoms with Gasteiger partial charge in [-0.2, -0.15) is 0 Å². The average Bonchev–Trinajstić information content (AvgIpc) is 2.32. The molecular formula is C13H19N3O2. The van der Waals surface area contributed by atoms with E-state index in [-0.39, 0.29) is 16.7 Å². The molecule has 0 aromatic heterocycles. The summed E-state index contributed by atoms with van der Waals surface area (Å²) in [5.74, 6) is 0.476. The molecule has 0 radical (unpaired) electrons. The average molecular weight is 249 g/mol. The number of hydrogen-bond acceptors (Lipinski definition) is 4. The van der Waals surface area contributed by atoms with E-state index in [4.69, 9.17) is 5.73 Å². The van der Waals surface area contributed by atoms with Crippen LogP contribution in [0.3, 0.4) is 0 Å². The second kappa shape index (κ2) is 4.94. The second-order valence-electron chi connectivity index (χ2n) is 5.08. The molecule has 0 aliphatic carbocycles. The van der Waals surface area contributed by atoms with Crippen LogP contribution in [0.5, 0.6) is 0 Å². The number of hydrogen-bond donors (Lipinski definition) is 1. The summed E-state index contributed by atoms with van der Waals surface area (Å²) in [5, 5.41) is 11.1. The maximum absolute atomic E-state index is 11.1. The molecule has 18 heavy (non-hydrogen) atoms. The van der Waals surface area contributed by atoms with Crippen molar-refractivity contribution in [3.8, 4) is 0 Å². The third kappa shape index (κ3) is 2.31. The predicted octanol–water partition coefficient (Wildman–Crippen LogP) is 2.08. The van der Waals surface area contributed by atoms with Gasteiger partial charge >= 0.3 is 0 Å². The molecule has 1 fully saturated rings. The number of anilines is 1. The van der Waals surface area contributed by atoms with Crippen molar-refractivity contribution in [2.24, 2.45) is 11.7 Å². The standard InChI is InChI=1S/C13H19N3O2/c1-9-6-7-15(8-11(9)14)13-10(2)4-3-5-12(13)16(17)18/h3-5,9,11H,6-8,14H2,1-2H3. The summed E-state index contributed by atoms with van der Waals surface area (Å²) < 4.78 is 0. The monoisotopic (exact) mass is 249 g/mol. The molecule has 5 heteroatoms. The van der Waals surface area contributed by atoms with Crippen molar-refractivity contribution >= 4 is 11.4 Å². The fourth-order valence-corrected chi connectivity index (χ4v) is 2.50. The minimum atomic E-state index is -0.314. The van der Waals surface area contributed by atoms with Gasteiger partial charge in [0.15, 0.2) is 0 Å². The van der Waals surface area contributed by atoms with E-state index in [0.29, 0.717) is 12.5 Å². The summed E-state index contributed by atoms with van der Waals surface area (Å²) in [6, 6.07) is 5.28. The van der Waals surface area contributed by atoms with Gasteiger partial charge in [-0.1, -0.05) is 19.1 Å². The topological polar surface area (TPSA) is 72.4 Å². The third-order valence-electron chi connectivity index (χ3n) is 3.75. The number of aryl methyl sites for hydroxylation is 1. The smallest absolute Gasteiger partial charge is 0.292 e. The van der Waals surface area contributed by atoms with E-state index in [0.717, 1.165) is 24.2 Å². The normalized spacial score (nSPS) is 24.1. The van der Waals surface area contributed by atoms with Crippen molar-refractivity contribution in [2.45, 2.75) is 26.3 Å². The molecule has 0 saturated carbocycles. The molecule has 98 valence electrons. The van der Waals surface area contributed by atoms with Crippen LogP contribution in [-0.4, -0.2) is 24.1 Å². The molecule has 0 spiro atoms. The van der Waals surface area contributed by atoms with Crippen LogP contribution < -0.4 is 10.6 Å². The van der Waals surface area contributed by atoms with Crippen LogP contribution in [0.25, 0.3) is 0 Å². The molecule has 1 saturated heterocycles. The molecular weight excluding hydrogens is 230 g/mol. The summed E-state index contributed by atoms with van der Waals surface area (Å²) in [7, 11) is 0. The fourth-order valence-electron chi connectivity index (χ4n) is 2.50. The third-order valence-corrected chi connectivity index (χ3v) is 3.75. The van der Waals surface area contributed by atoms with E-state index < -0.39 is 0 Å². The maximum atomic E-state index is 11.1. The lowest BCUT2D eigenvalue weighted by Crippen LogP contribution is -2.48. The van der Waals surface area contributed by atoms with Gasteiger partial charge in [-0.05, 0) is 24.8 Å². The zero-order chi connectivity index (χ0) is 13.3. The SMILES string of the molecule is Cc1cccc([N+](=O)[O-])c1N1CCC(C)C(N)C1. The number of nitrogens with two attached hydrogens (primary N) is 1. The first-order valence-electron chi connectivity index (χ1n) is 6.25. The Morgan fingerprint density at radius 1 is 1.50 bits per heavy atom. The van der Waals surface area contributed by atoms with Gasteiger partial charge in [0, 0.05) is 25.2 Å². The Morgan fingerprint density at radius 3 is 2.83 bits per heavy atom. The molecule has 1 aromatic carbocycles. The Labute approximate surface area is 107 Å². The van der Waals surface area contributed by atoms with Crippen LogP contribution in [0.2, 0.25) is 0 Å².